The minimum atomic E-state index is -0.953. The summed E-state index contributed by atoms with van der Waals surface area (Å²) in [7, 11) is 3.02. The first kappa shape index (κ1) is 17.9. The van der Waals surface area contributed by atoms with Crippen molar-refractivity contribution >= 4 is 11.0 Å². The Kier molecular flexibility index (Phi) is 3.50. The van der Waals surface area contributed by atoms with Crippen LogP contribution in [-0.4, -0.2) is 26.0 Å². The Morgan fingerprint density at radius 1 is 1.03 bits per heavy atom. The first-order valence-electron chi connectivity index (χ1n) is 9.78. The van der Waals surface area contributed by atoms with Crippen LogP contribution in [0.25, 0.3) is 33.4 Å². The topological polar surface area (TPSA) is 95.6 Å². The Morgan fingerprint density at radius 3 is 2.65 bits per heavy atom. The van der Waals surface area contributed by atoms with Crippen LogP contribution >= 0.6 is 0 Å². The monoisotopic (exact) mass is 415 g/mol. The largest absolute Gasteiger partial charge is 0.454 e. The number of ether oxygens (including phenoxy) is 2. The first-order chi connectivity index (χ1) is 15.0. The van der Waals surface area contributed by atoms with E-state index >= 15 is 0 Å². The van der Waals surface area contributed by atoms with Crippen LogP contribution < -0.4 is 20.7 Å². The van der Waals surface area contributed by atoms with Crippen LogP contribution in [0.2, 0.25) is 0 Å². The minimum Gasteiger partial charge on any atom is -0.454 e. The molecular weight excluding hydrogens is 398 g/mol. The molecule has 2 aromatic heterocycles. The van der Waals surface area contributed by atoms with Crippen molar-refractivity contribution in [3.8, 4) is 33.9 Å². The summed E-state index contributed by atoms with van der Waals surface area (Å²) in [6.07, 6.45) is -0.953. The van der Waals surface area contributed by atoms with Crippen LogP contribution in [-0.2, 0) is 14.1 Å². The fraction of sp³-hybridized carbons (Fsp3) is 0.174. The van der Waals surface area contributed by atoms with Crippen molar-refractivity contribution in [2.45, 2.75) is 6.10 Å². The predicted octanol–water partition coefficient (Wildman–Crippen LogP) is 2.09. The van der Waals surface area contributed by atoms with Gasteiger partial charge in [-0.1, -0.05) is 30.3 Å². The van der Waals surface area contributed by atoms with E-state index in [0.29, 0.717) is 39.4 Å². The fourth-order valence-electron chi connectivity index (χ4n) is 4.53. The number of rotatable bonds is 1. The van der Waals surface area contributed by atoms with Crippen molar-refractivity contribution in [2.24, 2.45) is 14.1 Å². The van der Waals surface area contributed by atoms with E-state index in [4.69, 9.17) is 14.5 Å². The molecule has 8 heteroatoms. The molecule has 0 fully saturated rings. The lowest BCUT2D eigenvalue weighted by Crippen LogP contribution is -2.37. The molecule has 1 N–H and O–H groups in total. The molecule has 0 unspecified atom stereocenters. The number of nitrogens with zero attached hydrogens (tertiary/aromatic N) is 3. The van der Waals surface area contributed by atoms with Crippen molar-refractivity contribution in [2.75, 3.05) is 6.79 Å². The Hall–Kier alpha value is -3.91. The van der Waals surface area contributed by atoms with Gasteiger partial charge in [-0.05, 0) is 23.3 Å². The number of fused-ring (bicyclic) bond motifs is 5. The van der Waals surface area contributed by atoms with Crippen molar-refractivity contribution in [3.63, 3.8) is 0 Å². The molecule has 1 aliphatic carbocycles. The smallest absolute Gasteiger partial charge is 0.332 e. The zero-order valence-electron chi connectivity index (χ0n) is 16.7. The number of hydrogen-bond acceptors (Lipinski definition) is 6. The van der Waals surface area contributed by atoms with Crippen LogP contribution in [0.4, 0.5) is 0 Å². The zero-order valence-corrected chi connectivity index (χ0v) is 16.7. The van der Waals surface area contributed by atoms with Gasteiger partial charge in [-0.3, -0.25) is 13.9 Å². The van der Waals surface area contributed by atoms with Crippen molar-refractivity contribution in [1.29, 1.82) is 0 Å². The summed E-state index contributed by atoms with van der Waals surface area (Å²) in [5.74, 6) is 1.17. The molecule has 31 heavy (non-hydrogen) atoms. The number of aromatic nitrogens is 3. The van der Waals surface area contributed by atoms with Crippen LogP contribution in [0, 0.1) is 0 Å². The van der Waals surface area contributed by atoms with Crippen molar-refractivity contribution in [1.82, 2.24) is 14.1 Å². The summed E-state index contributed by atoms with van der Waals surface area (Å²) in [5, 5.41) is 11.5. The molecule has 8 nitrogen and oxygen atoms in total. The summed E-state index contributed by atoms with van der Waals surface area (Å²) >= 11 is 0. The van der Waals surface area contributed by atoms with Gasteiger partial charge >= 0.3 is 5.69 Å². The van der Waals surface area contributed by atoms with Gasteiger partial charge in [-0.2, -0.15) is 0 Å². The number of aliphatic hydroxyl groups excluding tert-OH is 1. The van der Waals surface area contributed by atoms with E-state index in [1.54, 1.807) is 19.2 Å². The average Bonchev–Trinajstić information content (AvgIpc) is 3.37. The second-order valence-corrected chi connectivity index (χ2v) is 7.71. The molecular formula is C23H17N3O5. The van der Waals surface area contributed by atoms with E-state index < -0.39 is 17.4 Å². The third-order valence-electron chi connectivity index (χ3n) is 6.07. The van der Waals surface area contributed by atoms with Crippen LogP contribution in [0.15, 0.2) is 52.1 Å². The second kappa shape index (κ2) is 6.05. The number of aliphatic hydroxyl groups is 1. The molecule has 0 saturated carbocycles. The molecule has 1 aliphatic heterocycles. The molecule has 154 valence electrons. The first-order valence-corrected chi connectivity index (χ1v) is 9.78. The summed E-state index contributed by atoms with van der Waals surface area (Å²) in [4.78, 5) is 30.6. The molecule has 0 radical (unpaired) electrons. The summed E-state index contributed by atoms with van der Waals surface area (Å²) < 4.78 is 13.4. The predicted molar refractivity (Wildman–Crippen MR) is 113 cm³/mol. The Bertz CT molecular complexity index is 1550. The van der Waals surface area contributed by atoms with Crippen LogP contribution in [0.1, 0.15) is 17.2 Å². The maximum absolute atomic E-state index is 13.3. The lowest BCUT2D eigenvalue weighted by Gasteiger charge is -2.17. The Morgan fingerprint density at radius 2 is 1.81 bits per heavy atom. The minimum absolute atomic E-state index is 0.123. The number of hydrogen-bond donors (Lipinski definition) is 1. The number of aryl methyl sites for hydroxylation is 1. The molecule has 0 bridgehead atoms. The van der Waals surface area contributed by atoms with E-state index in [9.17, 15) is 14.7 Å². The lowest BCUT2D eigenvalue weighted by molar-refractivity contribution is 0.174. The normalized spacial score (nSPS) is 15.9. The highest BCUT2D eigenvalue weighted by Crippen LogP contribution is 2.49. The molecule has 0 saturated heterocycles. The van der Waals surface area contributed by atoms with Gasteiger partial charge in [0.25, 0.3) is 5.56 Å². The molecule has 2 aromatic carbocycles. The van der Waals surface area contributed by atoms with Gasteiger partial charge in [0.15, 0.2) is 17.1 Å². The summed E-state index contributed by atoms with van der Waals surface area (Å²) in [6.45, 7) is 0.123. The highest BCUT2D eigenvalue weighted by atomic mass is 16.7. The molecule has 1 atom stereocenters. The highest BCUT2D eigenvalue weighted by Gasteiger charge is 2.34. The van der Waals surface area contributed by atoms with Gasteiger partial charge in [0.05, 0.1) is 11.1 Å². The van der Waals surface area contributed by atoms with Crippen LogP contribution in [0.5, 0.6) is 11.5 Å². The number of pyridine rings is 1. The SMILES string of the molecule is Cn1c(=O)c2c(-c3ccc4c(c3)OCO4)c3c(nc2n(C)c1=O)-c1ccccc1[C@H]3O. The van der Waals surface area contributed by atoms with Gasteiger partial charge < -0.3 is 14.6 Å². The van der Waals surface area contributed by atoms with Crippen molar-refractivity contribution in [3.05, 3.63) is 74.4 Å². The third-order valence-corrected chi connectivity index (χ3v) is 6.07. The van der Waals surface area contributed by atoms with E-state index in [0.717, 1.165) is 10.1 Å². The maximum atomic E-state index is 13.3. The summed E-state index contributed by atoms with van der Waals surface area (Å²) in [5.41, 5.74) is 3.15. The average molecular weight is 415 g/mol. The Labute approximate surface area is 175 Å². The summed E-state index contributed by atoms with van der Waals surface area (Å²) in [6, 6.07) is 12.8. The molecule has 2 aliphatic rings. The van der Waals surface area contributed by atoms with Crippen LogP contribution in [0.3, 0.4) is 0 Å². The third kappa shape index (κ3) is 2.25. The van der Waals surface area contributed by atoms with E-state index in [1.807, 2.05) is 30.3 Å². The van der Waals surface area contributed by atoms with Gasteiger partial charge in [-0.25, -0.2) is 9.78 Å². The Balaban J connectivity index is 1.83. The standard InChI is InChI=1S/C23H17N3O5/c1-25-21-18(22(28)26(2)23(25)29)16(11-7-8-14-15(9-11)31-10-30-14)17-19(24-21)12-5-3-4-6-13(12)20(17)27/h3-9,20,27H,10H2,1-2H3/t20-/m1/s1. The van der Waals surface area contributed by atoms with Gasteiger partial charge in [0, 0.05) is 30.8 Å². The van der Waals surface area contributed by atoms with Crippen molar-refractivity contribution < 1.29 is 14.6 Å². The molecule has 3 heterocycles. The van der Waals surface area contributed by atoms with E-state index in [-0.39, 0.29) is 17.8 Å². The van der Waals surface area contributed by atoms with Gasteiger partial charge in [-0.15, -0.1) is 0 Å². The molecule has 6 rings (SSSR count). The lowest BCUT2D eigenvalue weighted by atomic mass is 9.94. The molecule has 0 amide bonds. The zero-order chi connectivity index (χ0) is 21.4. The highest BCUT2D eigenvalue weighted by molar-refractivity contribution is 6.00. The molecule has 0 spiro atoms. The van der Waals surface area contributed by atoms with Gasteiger partial charge in [0.1, 0.15) is 6.10 Å². The van der Waals surface area contributed by atoms with E-state index in [1.165, 1.54) is 11.6 Å². The quantitative estimate of drug-likeness (QED) is 0.512. The second-order valence-electron chi connectivity index (χ2n) is 7.71. The maximum Gasteiger partial charge on any atom is 0.332 e. The fourth-order valence-corrected chi connectivity index (χ4v) is 4.53. The molecule has 4 aromatic rings. The van der Waals surface area contributed by atoms with E-state index in [2.05, 4.69) is 0 Å². The van der Waals surface area contributed by atoms with Gasteiger partial charge in [0.2, 0.25) is 6.79 Å². The number of benzene rings is 2.